The normalized spacial score (nSPS) is 16.7. The molecule has 0 aliphatic carbocycles. The molecule has 0 radical (unpaired) electrons. The van der Waals surface area contributed by atoms with Gasteiger partial charge in [0, 0.05) is 24.5 Å². The van der Waals surface area contributed by atoms with Crippen LogP contribution in [0.4, 0.5) is 4.39 Å². The van der Waals surface area contributed by atoms with Crippen molar-refractivity contribution < 1.29 is 23.8 Å². The zero-order valence-corrected chi connectivity index (χ0v) is 20.0. The number of hydrogen-bond donors (Lipinski definition) is 1. The molecule has 0 bridgehead atoms. The highest BCUT2D eigenvalue weighted by Gasteiger charge is 2.46. The van der Waals surface area contributed by atoms with Gasteiger partial charge < -0.3 is 14.7 Å². The number of aliphatic hydroxyl groups excluding tert-OH is 1. The lowest BCUT2D eigenvalue weighted by molar-refractivity contribution is -0.140. The highest BCUT2D eigenvalue weighted by atomic mass is 19.1. The smallest absolute Gasteiger partial charge is 0.295 e. The lowest BCUT2D eigenvalue weighted by Gasteiger charge is -2.25. The molecule has 1 amide bonds. The standard InChI is InChI=1S/C30H23FN2O4/c1-19-15-22(12-13-25(19)31)28(34)26-27(33(30(36)29(26)35)18-20-7-6-14-32-17-20)21-8-5-11-24(16-21)37-23-9-3-2-4-10-23/h2-17,27,34H,18H2,1H3/b28-26-. The molecule has 6 nitrogen and oxygen atoms in total. The molecular formula is C30H23FN2O4. The summed E-state index contributed by atoms with van der Waals surface area (Å²) < 4.78 is 19.9. The van der Waals surface area contributed by atoms with Gasteiger partial charge in [-0.2, -0.15) is 0 Å². The number of benzene rings is 3. The third-order valence-electron chi connectivity index (χ3n) is 6.20. The van der Waals surface area contributed by atoms with Crippen LogP contribution in [0.15, 0.2) is 103 Å². The van der Waals surface area contributed by atoms with E-state index in [0.29, 0.717) is 22.6 Å². The average molecular weight is 495 g/mol. The Morgan fingerprint density at radius 2 is 1.76 bits per heavy atom. The zero-order valence-electron chi connectivity index (χ0n) is 20.0. The summed E-state index contributed by atoms with van der Waals surface area (Å²) in [5, 5.41) is 11.3. The van der Waals surface area contributed by atoms with E-state index < -0.39 is 23.5 Å². The summed E-state index contributed by atoms with van der Waals surface area (Å²) in [4.78, 5) is 32.1. The Kier molecular flexibility index (Phi) is 6.51. The molecule has 1 unspecified atom stereocenters. The number of aromatic nitrogens is 1. The van der Waals surface area contributed by atoms with Crippen LogP contribution in [0.25, 0.3) is 5.76 Å². The molecule has 184 valence electrons. The van der Waals surface area contributed by atoms with Gasteiger partial charge in [-0.15, -0.1) is 0 Å². The number of amides is 1. The molecule has 37 heavy (non-hydrogen) atoms. The second-order valence-electron chi connectivity index (χ2n) is 8.74. The first-order valence-corrected chi connectivity index (χ1v) is 11.7. The van der Waals surface area contributed by atoms with Gasteiger partial charge in [0.05, 0.1) is 11.6 Å². The van der Waals surface area contributed by atoms with Gasteiger partial charge in [0.1, 0.15) is 23.1 Å². The Balaban J connectivity index is 1.62. The Hall–Kier alpha value is -4.78. The molecule has 4 aromatic rings. The third-order valence-corrected chi connectivity index (χ3v) is 6.20. The number of hydrogen-bond acceptors (Lipinski definition) is 5. The number of nitrogens with zero attached hydrogens (tertiary/aromatic N) is 2. The minimum Gasteiger partial charge on any atom is -0.507 e. The maximum Gasteiger partial charge on any atom is 0.295 e. The zero-order chi connectivity index (χ0) is 25.9. The Morgan fingerprint density at radius 3 is 2.49 bits per heavy atom. The van der Waals surface area contributed by atoms with Crippen LogP contribution in [0.3, 0.4) is 0 Å². The van der Waals surface area contributed by atoms with E-state index in [1.807, 2.05) is 36.4 Å². The molecule has 1 aliphatic heterocycles. The van der Waals surface area contributed by atoms with Crippen molar-refractivity contribution in [2.75, 3.05) is 0 Å². The number of rotatable bonds is 6. The number of Topliss-reactive ketones (excluding diaryl/α,β-unsaturated/α-hetero) is 1. The van der Waals surface area contributed by atoms with Crippen molar-refractivity contribution in [1.82, 2.24) is 9.88 Å². The maximum absolute atomic E-state index is 13.9. The van der Waals surface area contributed by atoms with Crippen molar-refractivity contribution in [3.8, 4) is 11.5 Å². The number of carbonyl (C=O) groups is 2. The van der Waals surface area contributed by atoms with Gasteiger partial charge in [-0.3, -0.25) is 14.6 Å². The lowest BCUT2D eigenvalue weighted by atomic mass is 9.94. The summed E-state index contributed by atoms with van der Waals surface area (Å²) in [5.74, 6) is -1.23. The molecular weight excluding hydrogens is 471 g/mol. The van der Waals surface area contributed by atoms with E-state index in [1.165, 1.54) is 23.1 Å². The van der Waals surface area contributed by atoms with Crippen molar-refractivity contribution in [1.29, 1.82) is 0 Å². The fourth-order valence-electron chi connectivity index (χ4n) is 4.40. The molecule has 2 heterocycles. The molecule has 0 spiro atoms. The molecule has 0 saturated carbocycles. The van der Waals surface area contributed by atoms with E-state index >= 15 is 0 Å². The topological polar surface area (TPSA) is 79.7 Å². The third kappa shape index (κ3) is 4.84. The highest BCUT2D eigenvalue weighted by molar-refractivity contribution is 6.46. The molecule has 1 fully saturated rings. The Bertz CT molecular complexity index is 1500. The van der Waals surface area contributed by atoms with Crippen LogP contribution in [0.2, 0.25) is 0 Å². The van der Waals surface area contributed by atoms with E-state index in [1.54, 1.807) is 49.6 Å². The van der Waals surface area contributed by atoms with Crippen molar-refractivity contribution in [2.24, 2.45) is 0 Å². The number of halogens is 1. The predicted molar refractivity (Wildman–Crippen MR) is 136 cm³/mol. The van der Waals surface area contributed by atoms with Crippen LogP contribution in [0.1, 0.15) is 28.3 Å². The number of aryl methyl sites for hydroxylation is 1. The molecule has 1 saturated heterocycles. The summed E-state index contributed by atoms with van der Waals surface area (Å²) >= 11 is 0. The summed E-state index contributed by atoms with van der Waals surface area (Å²) in [6, 6.07) is 23.0. The fraction of sp³-hybridized carbons (Fsp3) is 0.100. The maximum atomic E-state index is 13.9. The Labute approximate surface area is 213 Å². The molecule has 1 atom stereocenters. The van der Waals surface area contributed by atoms with Crippen molar-refractivity contribution in [3.63, 3.8) is 0 Å². The first-order valence-electron chi connectivity index (χ1n) is 11.7. The van der Waals surface area contributed by atoms with E-state index in [4.69, 9.17) is 4.74 Å². The van der Waals surface area contributed by atoms with Gasteiger partial charge in [-0.1, -0.05) is 36.4 Å². The van der Waals surface area contributed by atoms with E-state index in [2.05, 4.69) is 4.98 Å². The minimum absolute atomic E-state index is 0.0724. The SMILES string of the molecule is Cc1cc(/C(O)=C2/C(=O)C(=O)N(Cc3cccnc3)C2c2cccc(Oc3ccccc3)c2)ccc1F. The summed E-state index contributed by atoms with van der Waals surface area (Å²) in [5.41, 5.74) is 1.79. The molecule has 5 rings (SSSR count). The number of aliphatic hydroxyl groups is 1. The van der Waals surface area contributed by atoms with Crippen LogP contribution in [0.5, 0.6) is 11.5 Å². The lowest BCUT2D eigenvalue weighted by Crippen LogP contribution is -2.29. The Morgan fingerprint density at radius 1 is 0.973 bits per heavy atom. The number of para-hydroxylation sites is 1. The van der Waals surface area contributed by atoms with E-state index in [-0.39, 0.29) is 23.4 Å². The summed E-state index contributed by atoms with van der Waals surface area (Å²) in [7, 11) is 0. The van der Waals surface area contributed by atoms with Gasteiger partial charge >= 0.3 is 0 Å². The second-order valence-corrected chi connectivity index (χ2v) is 8.74. The van der Waals surface area contributed by atoms with Crippen molar-refractivity contribution >= 4 is 17.4 Å². The molecule has 1 N–H and O–H groups in total. The van der Waals surface area contributed by atoms with Crippen LogP contribution in [-0.4, -0.2) is 26.7 Å². The van der Waals surface area contributed by atoms with Gasteiger partial charge in [0.15, 0.2) is 0 Å². The summed E-state index contributed by atoms with van der Waals surface area (Å²) in [6.07, 6.45) is 3.24. The van der Waals surface area contributed by atoms with Gasteiger partial charge in [0.25, 0.3) is 11.7 Å². The van der Waals surface area contributed by atoms with Crippen molar-refractivity contribution in [2.45, 2.75) is 19.5 Å². The highest BCUT2D eigenvalue weighted by Crippen LogP contribution is 2.41. The van der Waals surface area contributed by atoms with Crippen molar-refractivity contribution in [3.05, 3.63) is 131 Å². The largest absolute Gasteiger partial charge is 0.507 e. The van der Waals surface area contributed by atoms with Gasteiger partial charge in [-0.05, 0) is 72.1 Å². The first kappa shape index (κ1) is 23.9. The van der Waals surface area contributed by atoms with Crippen LogP contribution in [0, 0.1) is 12.7 Å². The fourth-order valence-corrected chi connectivity index (χ4v) is 4.40. The second kappa shape index (κ2) is 10.1. The molecule has 3 aromatic carbocycles. The van der Waals surface area contributed by atoms with E-state index in [9.17, 15) is 19.1 Å². The minimum atomic E-state index is -0.898. The van der Waals surface area contributed by atoms with Crippen LogP contribution < -0.4 is 4.74 Å². The van der Waals surface area contributed by atoms with Crippen LogP contribution >= 0.6 is 0 Å². The number of carbonyl (C=O) groups excluding carboxylic acids is 2. The number of ether oxygens (including phenoxy) is 1. The van der Waals surface area contributed by atoms with Gasteiger partial charge in [-0.25, -0.2) is 4.39 Å². The molecule has 1 aromatic heterocycles. The van der Waals surface area contributed by atoms with Gasteiger partial charge in [0.2, 0.25) is 0 Å². The van der Waals surface area contributed by atoms with E-state index in [0.717, 1.165) is 5.56 Å². The average Bonchev–Trinajstić information content (AvgIpc) is 3.16. The quantitative estimate of drug-likeness (QED) is 0.204. The number of ketones is 1. The number of pyridine rings is 1. The van der Waals surface area contributed by atoms with Crippen LogP contribution in [-0.2, 0) is 16.1 Å². The predicted octanol–water partition coefficient (Wildman–Crippen LogP) is 5.94. The monoisotopic (exact) mass is 494 g/mol. The first-order chi connectivity index (χ1) is 17.9. The number of likely N-dealkylation sites (tertiary alicyclic amines) is 1. The molecule has 1 aliphatic rings. The molecule has 7 heteroatoms. The summed E-state index contributed by atoms with van der Waals surface area (Å²) in [6.45, 7) is 1.67.